The Kier molecular flexibility index (Phi) is 3.74. The number of hydrogen-bond donors (Lipinski definition) is 1. The molecule has 4 nitrogen and oxygen atoms in total. The van der Waals surface area contributed by atoms with E-state index in [1.165, 1.54) is 0 Å². The van der Waals surface area contributed by atoms with Crippen molar-refractivity contribution in [3.8, 4) is 0 Å². The van der Waals surface area contributed by atoms with Crippen LogP contribution in [0.2, 0.25) is 5.02 Å². The summed E-state index contributed by atoms with van der Waals surface area (Å²) in [6, 6.07) is 10.1. The highest BCUT2D eigenvalue weighted by Crippen LogP contribution is 2.32. The minimum atomic E-state index is -0.130. The number of hydrogen-bond acceptors (Lipinski definition) is 3. The zero-order valence-electron chi connectivity index (χ0n) is 12.3. The lowest BCUT2D eigenvalue weighted by molar-refractivity contribution is 0.440. The first-order chi connectivity index (χ1) is 10.1. The van der Waals surface area contributed by atoms with Gasteiger partial charge in [-0.2, -0.15) is 5.10 Å². The summed E-state index contributed by atoms with van der Waals surface area (Å²) >= 11 is 6.35. The summed E-state index contributed by atoms with van der Waals surface area (Å²) < 4.78 is 7.90. The molecule has 2 aromatic heterocycles. The van der Waals surface area contributed by atoms with Gasteiger partial charge < -0.3 is 9.73 Å². The van der Waals surface area contributed by atoms with E-state index in [4.69, 9.17) is 16.0 Å². The summed E-state index contributed by atoms with van der Waals surface area (Å²) in [4.78, 5) is 0. The molecule has 3 rings (SSSR count). The number of para-hydroxylation sites is 1. The quantitative estimate of drug-likeness (QED) is 0.786. The number of fused-ring (bicyclic) bond motifs is 1. The SMILES string of the molecule is CNC(c1cc2ccccc2o1)c1c(Cl)cnn1C(C)C. The molecule has 3 aromatic rings. The summed E-state index contributed by atoms with van der Waals surface area (Å²) in [7, 11) is 1.89. The van der Waals surface area contributed by atoms with Crippen LogP contribution in [0.1, 0.15) is 37.4 Å². The van der Waals surface area contributed by atoms with Crippen molar-refractivity contribution in [3.05, 3.63) is 53.0 Å². The van der Waals surface area contributed by atoms with Crippen LogP contribution in [0, 0.1) is 0 Å². The van der Waals surface area contributed by atoms with Gasteiger partial charge in [0.2, 0.25) is 0 Å². The van der Waals surface area contributed by atoms with Crippen LogP contribution in [0.5, 0.6) is 0 Å². The Bertz CT molecular complexity index is 727. The van der Waals surface area contributed by atoms with E-state index in [9.17, 15) is 0 Å². The van der Waals surface area contributed by atoms with E-state index in [-0.39, 0.29) is 12.1 Å². The molecule has 1 N–H and O–H groups in total. The van der Waals surface area contributed by atoms with E-state index in [0.717, 1.165) is 22.4 Å². The molecule has 1 aromatic carbocycles. The number of nitrogens with zero attached hydrogens (tertiary/aromatic N) is 2. The standard InChI is InChI=1S/C16H18ClN3O/c1-10(2)20-16(12(17)9-19-20)15(18-3)14-8-11-6-4-5-7-13(11)21-14/h4-10,15,18H,1-3H3. The summed E-state index contributed by atoms with van der Waals surface area (Å²) in [6.45, 7) is 4.16. The van der Waals surface area contributed by atoms with E-state index in [2.05, 4.69) is 24.3 Å². The predicted molar refractivity (Wildman–Crippen MR) is 84.7 cm³/mol. The molecule has 2 heterocycles. The van der Waals surface area contributed by atoms with E-state index in [1.807, 2.05) is 42.1 Å². The molecular weight excluding hydrogens is 286 g/mol. The van der Waals surface area contributed by atoms with Crippen LogP contribution in [-0.2, 0) is 0 Å². The average Bonchev–Trinajstić information content (AvgIpc) is 3.04. The van der Waals surface area contributed by atoms with Crippen LogP contribution in [0.4, 0.5) is 0 Å². The zero-order valence-corrected chi connectivity index (χ0v) is 13.1. The minimum absolute atomic E-state index is 0.130. The Balaban J connectivity index is 2.12. The molecule has 0 aliphatic carbocycles. The normalized spacial score (nSPS) is 13.2. The second kappa shape index (κ2) is 5.54. The van der Waals surface area contributed by atoms with Crippen molar-refractivity contribution < 1.29 is 4.42 Å². The van der Waals surface area contributed by atoms with Crippen LogP contribution in [0.15, 0.2) is 40.9 Å². The molecule has 0 aliphatic rings. The smallest absolute Gasteiger partial charge is 0.134 e. The lowest BCUT2D eigenvalue weighted by Gasteiger charge is -2.18. The molecule has 0 saturated heterocycles. The summed E-state index contributed by atoms with van der Waals surface area (Å²) in [5, 5.41) is 9.37. The maximum absolute atomic E-state index is 6.35. The first-order valence-corrected chi connectivity index (χ1v) is 7.38. The van der Waals surface area contributed by atoms with E-state index in [0.29, 0.717) is 5.02 Å². The Hall–Kier alpha value is -1.78. The van der Waals surface area contributed by atoms with E-state index >= 15 is 0 Å². The number of nitrogens with one attached hydrogen (secondary N) is 1. The molecule has 0 aliphatic heterocycles. The molecule has 0 radical (unpaired) electrons. The number of benzene rings is 1. The maximum Gasteiger partial charge on any atom is 0.134 e. The summed E-state index contributed by atoms with van der Waals surface area (Å²) in [5.41, 5.74) is 1.80. The molecule has 110 valence electrons. The van der Waals surface area contributed by atoms with Crippen molar-refractivity contribution in [1.82, 2.24) is 15.1 Å². The third-order valence-corrected chi connectivity index (χ3v) is 3.86. The number of rotatable bonds is 4. The largest absolute Gasteiger partial charge is 0.459 e. The van der Waals surface area contributed by atoms with Crippen molar-refractivity contribution in [2.45, 2.75) is 25.9 Å². The molecule has 1 unspecified atom stereocenters. The molecule has 0 bridgehead atoms. The van der Waals surface area contributed by atoms with Crippen molar-refractivity contribution in [2.24, 2.45) is 0 Å². The highest BCUT2D eigenvalue weighted by atomic mass is 35.5. The summed E-state index contributed by atoms with van der Waals surface area (Å²) in [6.07, 6.45) is 1.68. The lowest BCUT2D eigenvalue weighted by Crippen LogP contribution is -2.22. The molecule has 21 heavy (non-hydrogen) atoms. The molecular formula is C16H18ClN3O. The maximum atomic E-state index is 6.35. The van der Waals surface area contributed by atoms with Gasteiger partial charge >= 0.3 is 0 Å². The molecule has 5 heteroatoms. The molecule has 0 saturated carbocycles. The van der Waals surface area contributed by atoms with Crippen molar-refractivity contribution in [3.63, 3.8) is 0 Å². The van der Waals surface area contributed by atoms with Gasteiger partial charge in [-0.05, 0) is 33.0 Å². The van der Waals surface area contributed by atoms with Gasteiger partial charge in [-0.3, -0.25) is 4.68 Å². The third kappa shape index (κ3) is 2.45. The topological polar surface area (TPSA) is 43.0 Å². The predicted octanol–water partition coefficient (Wildman–Crippen LogP) is 4.17. The number of aromatic nitrogens is 2. The van der Waals surface area contributed by atoms with Crippen LogP contribution in [0.25, 0.3) is 11.0 Å². The highest BCUT2D eigenvalue weighted by molar-refractivity contribution is 6.31. The first kappa shape index (κ1) is 14.2. The lowest BCUT2D eigenvalue weighted by atomic mass is 10.1. The van der Waals surface area contributed by atoms with Gasteiger partial charge in [-0.25, -0.2) is 0 Å². The fourth-order valence-electron chi connectivity index (χ4n) is 2.59. The summed E-state index contributed by atoms with van der Waals surface area (Å²) in [5.74, 6) is 0.836. The Morgan fingerprint density at radius 3 is 2.71 bits per heavy atom. The van der Waals surface area contributed by atoms with Crippen molar-refractivity contribution in [1.29, 1.82) is 0 Å². The monoisotopic (exact) mass is 303 g/mol. The second-order valence-electron chi connectivity index (χ2n) is 5.32. The van der Waals surface area contributed by atoms with Gasteiger partial charge in [0.05, 0.1) is 16.9 Å². The molecule has 0 amide bonds. The average molecular weight is 304 g/mol. The number of halogens is 1. The van der Waals surface area contributed by atoms with Crippen molar-refractivity contribution in [2.75, 3.05) is 7.05 Å². The van der Waals surface area contributed by atoms with Gasteiger partial charge in [0.15, 0.2) is 0 Å². The fraction of sp³-hybridized carbons (Fsp3) is 0.312. The number of furan rings is 1. The van der Waals surface area contributed by atoms with Crippen molar-refractivity contribution >= 4 is 22.6 Å². The van der Waals surface area contributed by atoms with Gasteiger partial charge in [0, 0.05) is 11.4 Å². The Morgan fingerprint density at radius 2 is 2.05 bits per heavy atom. The third-order valence-electron chi connectivity index (χ3n) is 3.57. The Morgan fingerprint density at radius 1 is 1.29 bits per heavy atom. The minimum Gasteiger partial charge on any atom is -0.459 e. The van der Waals surface area contributed by atoms with Crippen LogP contribution >= 0.6 is 11.6 Å². The second-order valence-corrected chi connectivity index (χ2v) is 5.73. The zero-order chi connectivity index (χ0) is 15.0. The van der Waals surface area contributed by atoms with Gasteiger partial charge in [0.25, 0.3) is 0 Å². The van der Waals surface area contributed by atoms with Crippen LogP contribution in [0.3, 0.4) is 0 Å². The van der Waals surface area contributed by atoms with Gasteiger partial charge in [-0.15, -0.1) is 0 Å². The molecule has 0 fully saturated rings. The molecule has 1 atom stereocenters. The van der Waals surface area contributed by atoms with Crippen LogP contribution < -0.4 is 5.32 Å². The fourth-order valence-corrected chi connectivity index (χ4v) is 2.83. The highest BCUT2D eigenvalue weighted by Gasteiger charge is 2.25. The van der Waals surface area contributed by atoms with Gasteiger partial charge in [-0.1, -0.05) is 29.8 Å². The molecule has 0 spiro atoms. The first-order valence-electron chi connectivity index (χ1n) is 7.00. The Labute approximate surface area is 128 Å². The van der Waals surface area contributed by atoms with E-state index < -0.39 is 0 Å². The van der Waals surface area contributed by atoms with E-state index in [1.54, 1.807) is 6.20 Å². The van der Waals surface area contributed by atoms with Gasteiger partial charge in [0.1, 0.15) is 17.4 Å². The van der Waals surface area contributed by atoms with Crippen LogP contribution in [-0.4, -0.2) is 16.8 Å².